The van der Waals surface area contributed by atoms with Crippen LogP contribution in [0.15, 0.2) is 48.8 Å². The van der Waals surface area contributed by atoms with Gasteiger partial charge in [-0.25, -0.2) is 10.9 Å². The van der Waals surface area contributed by atoms with Crippen LogP contribution < -0.4 is 10.9 Å². The summed E-state index contributed by atoms with van der Waals surface area (Å²) < 4.78 is 0. The van der Waals surface area contributed by atoms with Crippen molar-refractivity contribution in [2.45, 2.75) is 44.3 Å². The van der Waals surface area contributed by atoms with E-state index >= 15 is 0 Å². The number of hydrogen-bond donors (Lipinski definition) is 2. The highest BCUT2D eigenvalue weighted by Crippen LogP contribution is 2.27. The number of nitrogens with zero attached hydrogens (tertiary/aromatic N) is 3. The van der Waals surface area contributed by atoms with E-state index in [2.05, 4.69) is 34.0 Å². The third-order valence-electron chi connectivity index (χ3n) is 6.83. The Morgan fingerprint density at radius 1 is 0.935 bits per heavy atom. The van der Waals surface area contributed by atoms with E-state index in [9.17, 15) is 9.59 Å². The number of carbonyl (C=O) groups excluding carboxylic acids is 2. The van der Waals surface area contributed by atoms with Crippen molar-refractivity contribution >= 4 is 11.8 Å². The number of amides is 2. The van der Waals surface area contributed by atoms with Crippen LogP contribution in [0.4, 0.5) is 0 Å². The fraction of sp³-hybridized carbons (Fsp3) is 0.458. The van der Waals surface area contributed by atoms with Crippen LogP contribution in [0.3, 0.4) is 0 Å². The molecule has 0 radical (unpaired) electrons. The fourth-order valence-electron chi connectivity index (χ4n) is 5.07. The average molecular weight is 420 g/mol. The van der Waals surface area contributed by atoms with Crippen LogP contribution in [0.25, 0.3) is 0 Å². The molecule has 2 amide bonds. The molecule has 2 aromatic rings. The predicted octanol–water partition coefficient (Wildman–Crippen LogP) is 1.81. The molecule has 31 heavy (non-hydrogen) atoms. The zero-order chi connectivity index (χ0) is 21.2. The van der Waals surface area contributed by atoms with E-state index in [-0.39, 0.29) is 29.8 Å². The average Bonchev–Trinajstić information content (AvgIpc) is 3.34. The molecule has 4 heterocycles. The van der Waals surface area contributed by atoms with E-state index in [4.69, 9.17) is 0 Å². The summed E-state index contributed by atoms with van der Waals surface area (Å²) in [6.07, 6.45) is 6.88. The van der Waals surface area contributed by atoms with Gasteiger partial charge in [-0.05, 0) is 54.5 Å². The van der Waals surface area contributed by atoms with E-state index in [0.29, 0.717) is 19.5 Å². The number of pyridine rings is 1. The smallest absolute Gasteiger partial charge is 0.241 e. The Labute approximate surface area is 182 Å². The summed E-state index contributed by atoms with van der Waals surface area (Å²) in [5.74, 6) is 0.179. The standard InChI is InChI=1S/C24H29N5O2/c30-23(29-13-9-17-4-1-2-5-19(17)15-29)20-6-3-12-28(16-20)24(31)22-14-21(26-27-22)18-7-10-25-11-8-18/h1-2,4-5,7-8,10-11,20-22,26-27H,3,6,9,12-16H2. The molecule has 0 saturated carbocycles. The van der Waals surface area contributed by atoms with Gasteiger partial charge in [0.15, 0.2) is 0 Å². The molecular weight excluding hydrogens is 390 g/mol. The van der Waals surface area contributed by atoms with E-state index in [1.165, 1.54) is 11.1 Å². The summed E-state index contributed by atoms with van der Waals surface area (Å²) in [7, 11) is 0. The number of rotatable bonds is 3. The van der Waals surface area contributed by atoms with Crippen LogP contribution in [0.5, 0.6) is 0 Å². The van der Waals surface area contributed by atoms with Gasteiger partial charge in [-0.1, -0.05) is 24.3 Å². The summed E-state index contributed by atoms with van der Waals surface area (Å²) in [5, 5.41) is 0. The second-order valence-electron chi connectivity index (χ2n) is 8.81. The van der Waals surface area contributed by atoms with Crippen molar-refractivity contribution in [1.82, 2.24) is 25.6 Å². The molecule has 3 atom stereocenters. The molecule has 2 fully saturated rings. The van der Waals surface area contributed by atoms with Crippen molar-refractivity contribution in [3.05, 3.63) is 65.5 Å². The Morgan fingerprint density at radius 2 is 1.74 bits per heavy atom. The Balaban J connectivity index is 1.20. The number of hydrazine groups is 1. The number of aromatic nitrogens is 1. The van der Waals surface area contributed by atoms with Crippen LogP contribution in [0.2, 0.25) is 0 Å². The van der Waals surface area contributed by atoms with Gasteiger partial charge >= 0.3 is 0 Å². The van der Waals surface area contributed by atoms with Crippen molar-refractivity contribution in [2.24, 2.45) is 5.92 Å². The second-order valence-corrected chi connectivity index (χ2v) is 8.81. The zero-order valence-electron chi connectivity index (χ0n) is 17.7. The number of likely N-dealkylation sites (tertiary alicyclic amines) is 1. The molecule has 1 aromatic heterocycles. The highest BCUT2D eigenvalue weighted by Gasteiger charge is 2.37. The quantitative estimate of drug-likeness (QED) is 0.794. The van der Waals surface area contributed by atoms with Crippen molar-refractivity contribution in [1.29, 1.82) is 0 Å². The molecule has 2 N–H and O–H groups in total. The second kappa shape index (κ2) is 8.77. The Hall–Kier alpha value is -2.77. The van der Waals surface area contributed by atoms with Gasteiger partial charge in [0.1, 0.15) is 6.04 Å². The minimum Gasteiger partial charge on any atom is -0.341 e. The van der Waals surface area contributed by atoms with Gasteiger partial charge in [0.25, 0.3) is 0 Å². The van der Waals surface area contributed by atoms with E-state index < -0.39 is 0 Å². The van der Waals surface area contributed by atoms with Gasteiger partial charge in [0.2, 0.25) is 11.8 Å². The molecule has 1 aromatic carbocycles. The van der Waals surface area contributed by atoms with Crippen molar-refractivity contribution in [2.75, 3.05) is 19.6 Å². The van der Waals surface area contributed by atoms with Crippen molar-refractivity contribution in [3.8, 4) is 0 Å². The molecule has 5 rings (SSSR count). The lowest BCUT2D eigenvalue weighted by Crippen LogP contribution is -2.52. The largest absolute Gasteiger partial charge is 0.341 e. The normalized spacial score (nSPS) is 25.9. The minimum absolute atomic E-state index is 0.0885. The molecule has 3 aliphatic rings. The molecule has 3 aliphatic heterocycles. The zero-order valence-corrected chi connectivity index (χ0v) is 17.7. The van der Waals surface area contributed by atoms with Crippen molar-refractivity contribution in [3.63, 3.8) is 0 Å². The summed E-state index contributed by atoms with van der Waals surface area (Å²) in [6, 6.07) is 12.1. The van der Waals surface area contributed by atoms with E-state index in [1.54, 1.807) is 12.4 Å². The monoisotopic (exact) mass is 419 g/mol. The first-order valence-electron chi connectivity index (χ1n) is 11.2. The highest BCUT2D eigenvalue weighted by atomic mass is 16.2. The lowest BCUT2D eigenvalue weighted by molar-refractivity contribution is -0.142. The number of nitrogens with one attached hydrogen (secondary N) is 2. The predicted molar refractivity (Wildman–Crippen MR) is 117 cm³/mol. The van der Waals surface area contributed by atoms with Crippen LogP contribution in [-0.2, 0) is 22.6 Å². The summed E-state index contributed by atoms with van der Waals surface area (Å²) in [5.41, 5.74) is 10.1. The SMILES string of the molecule is O=C(C1CCCN(C(=O)C2CC(c3ccncc3)NN2)C1)N1CCc2ccccc2C1. The summed E-state index contributed by atoms with van der Waals surface area (Å²) >= 11 is 0. The molecular formula is C24H29N5O2. The van der Waals surface area contributed by atoms with Gasteiger partial charge in [0.05, 0.1) is 5.92 Å². The molecule has 162 valence electrons. The van der Waals surface area contributed by atoms with Crippen LogP contribution >= 0.6 is 0 Å². The Bertz CT molecular complexity index is 950. The topological polar surface area (TPSA) is 77.6 Å². The van der Waals surface area contributed by atoms with Crippen LogP contribution in [0, 0.1) is 5.92 Å². The maximum atomic E-state index is 13.2. The summed E-state index contributed by atoms with van der Waals surface area (Å²) in [6.45, 7) is 2.70. The first-order valence-corrected chi connectivity index (χ1v) is 11.2. The number of fused-ring (bicyclic) bond motifs is 1. The third kappa shape index (κ3) is 4.20. The van der Waals surface area contributed by atoms with Gasteiger partial charge in [0, 0.05) is 44.6 Å². The maximum absolute atomic E-state index is 13.2. The first kappa shape index (κ1) is 20.2. The minimum atomic E-state index is -0.270. The van der Waals surface area contributed by atoms with Gasteiger partial charge < -0.3 is 9.80 Å². The lowest BCUT2D eigenvalue weighted by Gasteiger charge is -2.37. The molecule has 7 heteroatoms. The maximum Gasteiger partial charge on any atom is 0.241 e. The number of carbonyl (C=O) groups is 2. The van der Waals surface area contributed by atoms with Gasteiger partial charge in [-0.2, -0.15) is 0 Å². The van der Waals surface area contributed by atoms with Crippen LogP contribution in [0.1, 0.15) is 42.0 Å². The molecule has 3 unspecified atom stereocenters. The molecule has 0 aliphatic carbocycles. The van der Waals surface area contributed by atoms with E-state index in [1.807, 2.05) is 28.0 Å². The van der Waals surface area contributed by atoms with Crippen molar-refractivity contribution < 1.29 is 9.59 Å². The highest BCUT2D eigenvalue weighted by molar-refractivity contribution is 5.84. The molecule has 2 saturated heterocycles. The third-order valence-corrected chi connectivity index (χ3v) is 6.83. The summed E-state index contributed by atoms with van der Waals surface area (Å²) in [4.78, 5) is 34.3. The molecule has 7 nitrogen and oxygen atoms in total. The number of piperidine rings is 1. The number of hydrogen-bond acceptors (Lipinski definition) is 5. The first-order chi connectivity index (χ1) is 15.2. The number of benzene rings is 1. The Kier molecular flexibility index (Phi) is 5.70. The fourth-order valence-corrected chi connectivity index (χ4v) is 5.07. The van der Waals surface area contributed by atoms with Crippen LogP contribution in [-0.4, -0.2) is 52.3 Å². The molecule has 0 spiro atoms. The van der Waals surface area contributed by atoms with Gasteiger partial charge in [-0.3, -0.25) is 14.6 Å². The molecule has 0 bridgehead atoms. The van der Waals surface area contributed by atoms with E-state index in [0.717, 1.165) is 37.9 Å². The lowest BCUT2D eigenvalue weighted by atomic mass is 9.93. The Morgan fingerprint density at radius 3 is 2.58 bits per heavy atom. The van der Waals surface area contributed by atoms with Gasteiger partial charge in [-0.15, -0.1) is 0 Å².